The molecule has 0 unspecified atom stereocenters. The summed E-state index contributed by atoms with van der Waals surface area (Å²) in [4.78, 5) is 9.79. The Kier molecular flexibility index (Phi) is 2.54. The lowest BCUT2D eigenvalue weighted by Gasteiger charge is -2.14. The van der Waals surface area contributed by atoms with Crippen molar-refractivity contribution in [3.8, 4) is 5.75 Å². The van der Waals surface area contributed by atoms with Crippen LogP contribution in [-0.4, -0.2) is 20.2 Å². The van der Waals surface area contributed by atoms with E-state index in [1.54, 1.807) is 7.11 Å². The van der Waals surface area contributed by atoms with Gasteiger partial charge in [-0.15, -0.1) is 0 Å². The summed E-state index contributed by atoms with van der Waals surface area (Å²) in [6.45, 7) is 3.78. The Hall–Kier alpha value is -0.803. The molecule has 0 aliphatic rings. The number of benzene rings is 1. The van der Waals surface area contributed by atoms with Crippen LogP contribution in [0.5, 0.6) is 5.75 Å². The maximum absolute atomic E-state index is 9.79. The van der Waals surface area contributed by atoms with Crippen molar-refractivity contribution in [3.05, 3.63) is 24.3 Å². The van der Waals surface area contributed by atoms with Gasteiger partial charge in [-0.2, -0.15) is 0 Å². The van der Waals surface area contributed by atoms with E-state index in [4.69, 9.17) is 4.74 Å². The normalized spacial score (nSPS) is 11.3. The molecule has 1 aromatic rings. The highest BCUT2D eigenvalue weighted by Crippen LogP contribution is 2.08. The van der Waals surface area contributed by atoms with Crippen molar-refractivity contribution in [1.29, 1.82) is 0 Å². The molecule has 0 aliphatic heterocycles. The van der Waals surface area contributed by atoms with E-state index in [2.05, 4.69) is 0 Å². The predicted octanol–water partition coefficient (Wildman–Crippen LogP) is 1.10. The van der Waals surface area contributed by atoms with E-state index in [1.165, 1.54) is 0 Å². The molecule has 12 heavy (non-hydrogen) atoms. The molecule has 3 heteroatoms. The van der Waals surface area contributed by atoms with Gasteiger partial charge in [0.05, 0.1) is 7.11 Å². The fourth-order valence-corrected chi connectivity index (χ4v) is 2.00. The molecule has 1 aromatic carbocycles. The average molecular weight is 182 g/mol. The van der Waals surface area contributed by atoms with Gasteiger partial charge >= 0.3 is 0 Å². The van der Waals surface area contributed by atoms with Crippen LogP contribution in [0.3, 0.4) is 0 Å². The number of hydrogen-bond acceptors (Lipinski definition) is 2. The molecule has 1 rings (SSSR count). The molecule has 0 spiro atoms. The minimum Gasteiger partial charge on any atom is -0.497 e. The van der Waals surface area contributed by atoms with E-state index in [0.717, 1.165) is 10.9 Å². The molecule has 0 saturated carbocycles. The summed E-state index contributed by atoms with van der Waals surface area (Å²) in [5.41, 5.74) is 0. The van der Waals surface area contributed by atoms with Crippen LogP contribution in [0.1, 0.15) is 0 Å². The smallest absolute Gasteiger partial charge is 0.214 e. The van der Waals surface area contributed by atoms with E-state index in [-0.39, 0.29) is 0 Å². The molecular weight excluding hydrogens is 168 g/mol. The molecule has 0 atom stereocenters. The van der Waals surface area contributed by atoms with Gasteiger partial charge in [-0.25, -0.2) is 0 Å². The number of ether oxygens (including phenoxy) is 1. The number of methoxy groups -OCH3 is 1. The van der Waals surface area contributed by atoms with Crippen molar-refractivity contribution in [2.75, 3.05) is 7.11 Å². The second-order valence-electron chi connectivity index (χ2n) is 3.29. The molecule has 0 heterocycles. The van der Waals surface area contributed by atoms with E-state index >= 15 is 0 Å². The first-order valence-corrected chi connectivity index (χ1v) is 6.85. The molecule has 0 bridgehead atoms. The minimum absolute atomic E-state index is 0.808. The average Bonchev–Trinajstić information content (AvgIpc) is 2.03. The summed E-state index contributed by atoms with van der Waals surface area (Å²) in [6.07, 6.45) is 0. The van der Waals surface area contributed by atoms with Crippen LogP contribution in [0, 0.1) is 0 Å². The first-order chi connectivity index (χ1) is 5.54. The third kappa shape index (κ3) is 2.09. The molecule has 0 aromatic heterocycles. The second-order valence-corrected chi connectivity index (χ2v) is 6.99. The van der Waals surface area contributed by atoms with E-state index < -0.39 is 8.32 Å². The molecule has 0 radical (unpaired) electrons. The number of hydrogen-bond donors (Lipinski definition) is 1. The lowest BCUT2D eigenvalue weighted by molar-refractivity contribution is 0.415. The van der Waals surface area contributed by atoms with Crippen molar-refractivity contribution < 1.29 is 9.53 Å². The summed E-state index contributed by atoms with van der Waals surface area (Å²) in [5.74, 6) is 0.808. The molecule has 0 aliphatic carbocycles. The molecule has 66 valence electrons. The molecule has 0 amide bonds. The van der Waals surface area contributed by atoms with Gasteiger partial charge < -0.3 is 9.53 Å². The van der Waals surface area contributed by atoms with Crippen molar-refractivity contribution >= 4 is 13.5 Å². The van der Waals surface area contributed by atoms with E-state index in [1.807, 2.05) is 37.4 Å². The maximum Gasteiger partial charge on any atom is 0.214 e. The van der Waals surface area contributed by atoms with Crippen LogP contribution in [-0.2, 0) is 0 Å². The quantitative estimate of drug-likeness (QED) is 0.694. The Morgan fingerprint density at radius 1 is 1.33 bits per heavy atom. The van der Waals surface area contributed by atoms with Gasteiger partial charge in [-0.05, 0) is 30.4 Å². The van der Waals surface area contributed by atoms with Crippen molar-refractivity contribution in [3.63, 3.8) is 0 Å². The monoisotopic (exact) mass is 182 g/mol. The van der Waals surface area contributed by atoms with Crippen molar-refractivity contribution in [2.45, 2.75) is 13.1 Å². The molecular formula is C9H14O2Si. The van der Waals surface area contributed by atoms with Gasteiger partial charge in [-0.1, -0.05) is 12.1 Å². The minimum atomic E-state index is -2.16. The largest absolute Gasteiger partial charge is 0.497 e. The van der Waals surface area contributed by atoms with Gasteiger partial charge in [0.1, 0.15) is 5.75 Å². The zero-order chi connectivity index (χ0) is 9.19. The molecule has 0 saturated heterocycles. The highest BCUT2D eigenvalue weighted by atomic mass is 28.4. The summed E-state index contributed by atoms with van der Waals surface area (Å²) < 4.78 is 5.06. The predicted molar refractivity (Wildman–Crippen MR) is 52.3 cm³/mol. The molecule has 1 N–H and O–H groups in total. The summed E-state index contributed by atoms with van der Waals surface area (Å²) in [5, 5.41) is 1.00. The summed E-state index contributed by atoms with van der Waals surface area (Å²) >= 11 is 0. The van der Waals surface area contributed by atoms with Crippen molar-refractivity contribution in [1.82, 2.24) is 0 Å². The Morgan fingerprint density at radius 2 is 2.00 bits per heavy atom. The SMILES string of the molecule is COc1cccc([Si](C)(C)O)c1. The van der Waals surface area contributed by atoms with Crippen LogP contribution in [0.25, 0.3) is 0 Å². The topological polar surface area (TPSA) is 29.5 Å². The van der Waals surface area contributed by atoms with E-state index in [0.29, 0.717) is 0 Å². The second kappa shape index (κ2) is 3.29. The fraction of sp³-hybridized carbons (Fsp3) is 0.333. The van der Waals surface area contributed by atoms with Gasteiger partial charge in [0.15, 0.2) is 0 Å². The first-order valence-electron chi connectivity index (χ1n) is 3.91. The lowest BCUT2D eigenvalue weighted by atomic mass is 10.3. The highest BCUT2D eigenvalue weighted by Gasteiger charge is 2.19. The standard InChI is InChI=1S/C9H14O2Si/c1-11-8-5-4-6-9(7-8)12(2,3)10/h4-7,10H,1-3H3. The molecule has 2 nitrogen and oxygen atoms in total. The first kappa shape index (κ1) is 9.29. The lowest BCUT2D eigenvalue weighted by Crippen LogP contribution is -2.41. The third-order valence-electron chi connectivity index (χ3n) is 1.78. The molecule has 0 fully saturated rings. The van der Waals surface area contributed by atoms with Gasteiger partial charge in [0.25, 0.3) is 0 Å². The van der Waals surface area contributed by atoms with Crippen LogP contribution in [0.4, 0.5) is 0 Å². The van der Waals surface area contributed by atoms with Gasteiger partial charge in [0.2, 0.25) is 8.32 Å². The summed E-state index contributed by atoms with van der Waals surface area (Å²) in [6, 6.07) is 7.61. The van der Waals surface area contributed by atoms with Crippen LogP contribution in [0.15, 0.2) is 24.3 Å². The van der Waals surface area contributed by atoms with Crippen LogP contribution >= 0.6 is 0 Å². The maximum atomic E-state index is 9.79. The Morgan fingerprint density at radius 3 is 2.50 bits per heavy atom. The highest BCUT2D eigenvalue weighted by molar-refractivity contribution is 6.83. The van der Waals surface area contributed by atoms with Gasteiger partial charge in [0, 0.05) is 0 Å². The Labute approximate surface area is 73.9 Å². The van der Waals surface area contributed by atoms with Crippen molar-refractivity contribution in [2.24, 2.45) is 0 Å². The van der Waals surface area contributed by atoms with Gasteiger partial charge in [-0.3, -0.25) is 0 Å². The fourth-order valence-electron chi connectivity index (χ4n) is 1.00. The Balaban J connectivity index is 3.02. The Bertz CT molecular complexity index is 265. The zero-order valence-electron chi connectivity index (χ0n) is 7.66. The summed E-state index contributed by atoms with van der Waals surface area (Å²) in [7, 11) is -0.531. The van der Waals surface area contributed by atoms with E-state index in [9.17, 15) is 4.80 Å². The third-order valence-corrected chi connectivity index (χ3v) is 3.50. The zero-order valence-corrected chi connectivity index (χ0v) is 8.66. The van der Waals surface area contributed by atoms with Crippen LogP contribution in [0.2, 0.25) is 13.1 Å². The van der Waals surface area contributed by atoms with Crippen LogP contribution < -0.4 is 9.92 Å². The number of rotatable bonds is 2.